The van der Waals surface area contributed by atoms with Crippen LogP contribution in [0.3, 0.4) is 0 Å². The van der Waals surface area contributed by atoms with Crippen molar-refractivity contribution in [3.05, 3.63) is 130 Å². The highest BCUT2D eigenvalue weighted by Crippen LogP contribution is 2.69. The molecule has 0 saturated heterocycles. The van der Waals surface area contributed by atoms with E-state index in [1.54, 1.807) is 5.57 Å². The third-order valence-corrected chi connectivity index (χ3v) is 15.9. The van der Waals surface area contributed by atoms with Crippen LogP contribution >= 0.6 is 0 Å². The van der Waals surface area contributed by atoms with Crippen molar-refractivity contribution in [1.82, 2.24) is 0 Å². The zero-order valence-corrected chi connectivity index (χ0v) is 36.3. The van der Waals surface area contributed by atoms with Gasteiger partial charge in [0.25, 0.3) is 0 Å². The van der Waals surface area contributed by atoms with Gasteiger partial charge in [-0.05, 0) is 179 Å². The lowest BCUT2D eigenvalue weighted by Gasteiger charge is -2.43. The van der Waals surface area contributed by atoms with E-state index in [1.165, 1.54) is 107 Å². The van der Waals surface area contributed by atoms with Crippen molar-refractivity contribution in [2.24, 2.45) is 16.7 Å². The fourth-order valence-corrected chi connectivity index (χ4v) is 12.2. The van der Waals surface area contributed by atoms with Crippen LogP contribution in [-0.4, -0.2) is 0 Å². The van der Waals surface area contributed by atoms with Crippen molar-refractivity contribution in [2.75, 3.05) is 10.2 Å². The van der Waals surface area contributed by atoms with Crippen LogP contribution in [0.5, 0.6) is 0 Å². The van der Waals surface area contributed by atoms with Gasteiger partial charge in [-0.15, -0.1) is 0 Å². The van der Waals surface area contributed by atoms with E-state index in [-0.39, 0.29) is 21.7 Å². The number of rotatable bonds is 6. The Hall–Kier alpha value is -4.04. The zero-order valence-electron chi connectivity index (χ0n) is 36.3. The molecule has 0 radical (unpaired) electrons. The molecule has 2 fully saturated rings. The Bertz CT molecular complexity index is 2300. The second-order valence-electron chi connectivity index (χ2n) is 22.0. The fraction of sp³-hybridized carbons (Fsp3) is 0.481. The Morgan fingerprint density at radius 1 is 0.571 bits per heavy atom. The molecule has 2 nitrogen and oxygen atoms in total. The first-order valence-corrected chi connectivity index (χ1v) is 21.8. The fourth-order valence-electron chi connectivity index (χ4n) is 12.2. The molecule has 0 aliphatic heterocycles. The summed E-state index contributed by atoms with van der Waals surface area (Å²) in [6.07, 6.45) is 15.0. The van der Waals surface area contributed by atoms with E-state index in [1.807, 2.05) is 0 Å². The van der Waals surface area contributed by atoms with E-state index < -0.39 is 0 Å². The number of nitrogens with one attached hydrogen (secondary N) is 1. The molecule has 0 spiro atoms. The predicted molar refractivity (Wildman–Crippen MR) is 240 cm³/mol. The van der Waals surface area contributed by atoms with Crippen LogP contribution in [0.1, 0.15) is 148 Å². The Kier molecular flexibility index (Phi) is 8.36. The van der Waals surface area contributed by atoms with E-state index in [0.717, 1.165) is 12.1 Å². The first-order valence-electron chi connectivity index (χ1n) is 21.8. The van der Waals surface area contributed by atoms with Crippen LogP contribution < -0.4 is 10.2 Å². The highest BCUT2D eigenvalue weighted by molar-refractivity contribution is 5.85. The highest BCUT2D eigenvalue weighted by Gasteiger charge is 2.58. The average molecular weight is 743 g/mol. The summed E-state index contributed by atoms with van der Waals surface area (Å²) in [6.45, 7) is 26.9. The monoisotopic (exact) mass is 743 g/mol. The van der Waals surface area contributed by atoms with Gasteiger partial charge in [0, 0.05) is 34.0 Å². The number of hydrogen-bond donors (Lipinski definition) is 1. The number of fused-ring (bicyclic) bond motifs is 7. The van der Waals surface area contributed by atoms with Gasteiger partial charge in [0.05, 0.1) is 0 Å². The third-order valence-electron chi connectivity index (χ3n) is 15.9. The molecular formula is C54H66N2. The molecule has 2 saturated carbocycles. The summed E-state index contributed by atoms with van der Waals surface area (Å²) < 4.78 is 0. The molecule has 292 valence electrons. The van der Waals surface area contributed by atoms with Gasteiger partial charge in [-0.3, -0.25) is 0 Å². The Morgan fingerprint density at radius 2 is 1.20 bits per heavy atom. The first-order chi connectivity index (χ1) is 26.3. The number of allylic oxidation sites excluding steroid dienone is 4. The van der Waals surface area contributed by atoms with Gasteiger partial charge < -0.3 is 10.2 Å². The maximum atomic E-state index is 4.06. The maximum absolute atomic E-state index is 4.06. The number of aryl methyl sites for hydroxylation is 1. The van der Waals surface area contributed by atoms with Crippen molar-refractivity contribution in [2.45, 2.75) is 149 Å². The second kappa shape index (κ2) is 12.5. The number of hydrogen-bond acceptors (Lipinski definition) is 2. The molecule has 0 aromatic heterocycles. The normalized spacial score (nSPS) is 27.4. The average Bonchev–Trinajstić information content (AvgIpc) is 3.59. The summed E-state index contributed by atoms with van der Waals surface area (Å²) in [5, 5.41) is 4.06. The molecule has 9 rings (SSSR count). The number of anilines is 4. The lowest BCUT2D eigenvalue weighted by atomic mass is 9.62. The van der Waals surface area contributed by atoms with E-state index in [0.29, 0.717) is 16.7 Å². The van der Waals surface area contributed by atoms with Crippen molar-refractivity contribution in [1.29, 1.82) is 0 Å². The molecule has 2 bridgehead atoms. The van der Waals surface area contributed by atoms with Gasteiger partial charge in [0.15, 0.2) is 0 Å². The summed E-state index contributed by atoms with van der Waals surface area (Å²) in [5.74, 6) is 0.607. The summed E-state index contributed by atoms with van der Waals surface area (Å²) in [7, 11) is 0. The molecule has 4 aromatic carbocycles. The molecule has 0 heterocycles. The standard InChI is InChI=1S/C54H66N2/c1-35-27-37(55-48-33-46-45(51(6,7)23-24-52(46,8)9)32-41(48)36-15-13-12-14-16-36)29-40(28-35)56(38-17-19-42-44(30-38)50(4,5)22-21-49(42,2)3)39-18-20-43-47(31-39)54(11)26-25-53(43,10)34-54/h12-20,27-30,32-33,47,55H,21-26,31,34H2,1-11H3. The van der Waals surface area contributed by atoms with Gasteiger partial charge >= 0.3 is 0 Å². The SMILES string of the molecule is Cc1cc(Nc2cc3c(cc2-c2ccccc2)C(C)(C)CCC3(C)C)cc(N(C2=CC=C3C(C2)C2(C)CCC3(C)C2)c2ccc3c(c2)C(C)(C)CCC3(C)C)c1. The molecule has 3 atom stereocenters. The number of benzene rings is 4. The topological polar surface area (TPSA) is 15.3 Å². The molecule has 2 heteroatoms. The molecule has 5 aliphatic carbocycles. The minimum Gasteiger partial charge on any atom is -0.355 e. The van der Waals surface area contributed by atoms with Gasteiger partial charge in [-0.1, -0.05) is 117 Å². The van der Waals surface area contributed by atoms with Crippen LogP contribution in [0.25, 0.3) is 11.1 Å². The molecule has 56 heavy (non-hydrogen) atoms. The molecular weight excluding hydrogens is 677 g/mol. The summed E-state index contributed by atoms with van der Waals surface area (Å²) in [6, 6.07) is 30.7. The maximum Gasteiger partial charge on any atom is 0.0481 e. The Morgan fingerprint density at radius 3 is 1.88 bits per heavy atom. The molecule has 5 aliphatic rings. The van der Waals surface area contributed by atoms with E-state index in [9.17, 15) is 0 Å². The Labute approximate surface area is 338 Å². The summed E-state index contributed by atoms with van der Waals surface area (Å²) in [4.78, 5) is 2.64. The smallest absolute Gasteiger partial charge is 0.0481 e. The van der Waals surface area contributed by atoms with Gasteiger partial charge in [0.1, 0.15) is 0 Å². The van der Waals surface area contributed by atoms with Crippen molar-refractivity contribution >= 4 is 22.7 Å². The van der Waals surface area contributed by atoms with Gasteiger partial charge in [-0.25, -0.2) is 0 Å². The van der Waals surface area contributed by atoms with Crippen molar-refractivity contribution < 1.29 is 0 Å². The Balaban J connectivity index is 1.19. The van der Waals surface area contributed by atoms with Gasteiger partial charge in [0.2, 0.25) is 0 Å². The minimum absolute atomic E-state index is 0.118. The lowest BCUT2D eigenvalue weighted by Crippen LogP contribution is -2.34. The number of nitrogens with zero attached hydrogens (tertiary/aromatic N) is 1. The molecule has 3 unspecified atom stereocenters. The third kappa shape index (κ3) is 6.03. The van der Waals surface area contributed by atoms with Crippen LogP contribution in [-0.2, 0) is 21.7 Å². The highest BCUT2D eigenvalue weighted by atomic mass is 15.2. The quantitative estimate of drug-likeness (QED) is 0.212. The zero-order chi connectivity index (χ0) is 39.6. The van der Waals surface area contributed by atoms with Crippen LogP contribution in [0.15, 0.2) is 102 Å². The van der Waals surface area contributed by atoms with Crippen LogP contribution in [0.4, 0.5) is 22.7 Å². The summed E-state index contributed by atoms with van der Waals surface area (Å²) >= 11 is 0. The first kappa shape index (κ1) is 37.5. The summed E-state index contributed by atoms with van der Waals surface area (Å²) in [5.41, 5.74) is 19.1. The largest absolute Gasteiger partial charge is 0.355 e. The predicted octanol–water partition coefficient (Wildman–Crippen LogP) is 15.3. The van der Waals surface area contributed by atoms with E-state index in [4.69, 9.17) is 0 Å². The van der Waals surface area contributed by atoms with E-state index in [2.05, 4.69) is 177 Å². The molecule has 0 amide bonds. The van der Waals surface area contributed by atoms with Crippen molar-refractivity contribution in [3.8, 4) is 11.1 Å². The minimum atomic E-state index is 0.118. The molecule has 1 N–H and O–H groups in total. The van der Waals surface area contributed by atoms with Crippen LogP contribution in [0.2, 0.25) is 0 Å². The second-order valence-corrected chi connectivity index (χ2v) is 22.0. The van der Waals surface area contributed by atoms with Crippen LogP contribution in [0, 0.1) is 23.7 Å². The van der Waals surface area contributed by atoms with Crippen molar-refractivity contribution in [3.63, 3.8) is 0 Å². The molecule has 4 aromatic rings. The van der Waals surface area contributed by atoms with Gasteiger partial charge in [-0.2, -0.15) is 0 Å². The van der Waals surface area contributed by atoms with E-state index >= 15 is 0 Å². The lowest BCUT2D eigenvalue weighted by molar-refractivity contribution is 0.243.